The maximum atomic E-state index is 15.2. The van der Waals surface area contributed by atoms with Gasteiger partial charge in [0.05, 0.1) is 49.8 Å². The number of aromatic nitrogens is 4. The maximum Gasteiger partial charge on any atom is 0.194 e. The van der Waals surface area contributed by atoms with E-state index in [4.69, 9.17) is 0 Å². The first-order valence-corrected chi connectivity index (χ1v) is 31.4. The molecule has 4 heterocycles. The van der Waals surface area contributed by atoms with Gasteiger partial charge in [0.2, 0.25) is 0 Å². The molecule has 0 bridgehead atoms. The molecule has 0 saturated heterocycles. The summed E-state index contributed by atoms with van der Waals surface area (Å²) in [6.45, 7) is 0. The van der Waals surface area contributed by atoms with Crippen LogP contribution in [0.15, 0.2) is 303 Å². The number of ketones is 2. The maximum absolute atomic E-state index is 15.2. The van der Waals surface area contributed by atoms with Crippen molar-refractivity contribution in [2.45, 2.75) is 0 Å². The van der Waals surface area contributed by atoms with Crippen molar-refractivity contribution in [2.75, 3.05) is 0 Å². The van der Waals surface area contributed by atoms with Crippen molar-refractivity contribution in [1.29, 1.82) is 0 Å². The van der Waals surface area contributed by atoms with E-state index in [2.05, 4.69) is 279 Å². The second-order valence-electron chi connectivity index (χ2n) is 24.5. The van der Waals surface area contributed by atoms with Gasteiger partial charge in [0.25, 0.3) is 0 Å². The lowest BCUT2D eigenvalue weighted by molar-refractivity contribution is 0.103. The predicted octanol–water partition coefficient (Wildman–Crippen LogP) is 21.5. The molecule has 14 aromatic carbocycles. The molecule has 2 aliphatic carbocycles. The molecule has 0 aliphatic heterocycles. The number of rotatable bonds is 7. The van der Waals surface area contributed by atoms with Crippen molar-refractivity contribution < 1.29 is 9.59 Å². The number of fused-ring (bicyclic) bond motifs is 18. The van der Waals surface area contributed by atoms with E-state index in [1.54, 1.807) is 0 Å². The van der Waals surface area contributed by atoms with Crippen LogP contribution in [0.3, 0.4) is 0 Å². The number of benzene rings is 14. The Bertz CT molecular complexity index is 6290. The number of para-hydroxylation sites is 6. The number of carbonyl (C=O) groups is 2. The molecular weight excluding hydrogens is 1120 g/mol. The van der Waals surface area contributed by atoms with Gasteiger partial charge >= 0.3 is 0 Å². The highest BCUT2D eigenvalue weighted by atomic mass is 16.1. The normalized spacial score (nSPS) is 12.6. The average Bonchev–Trinajstić information content (AvgIpc) is 1.54. The molecule has 20 rings (SSSR count). The molecule has 0 saturated carbocycles. The Morgan fingerprint density at radius 1 is 0.185 bits per heavy atom. The Morgan fingerprint density at radius 3 is 1.00 bits per heavy atom. The van der Waals surface area contributed by atoms with Crippen molar-refractivity contribution in [2.24, 2.45) is 0 Å². The summed E-state index contributed by atoms with van der Waals surface area (Å²) < 4.78 is 9.75. The van der Waals surface area contributed by atoms with Gasteiger partial charge in [0.1, 0.15) is 0 Å². The summed E-state index contributed by atoms with van der Waals surface area (Å²) in [4.78, 5) is 29.9. The average molecular weight is 1170 g/mol. The second kappa shape index (κ2) is 19.1. The first kappa shape index (κ1) is 50.6. The van der Waals surface area contributed by atoms with Crippen LogP contribution in [0.25, 0.3) is 166 Å². The third-order valence-electron chi connectivity index (χ3n) is 19.9. The molecule has 0 fully saturated rings. The van der Waals surface area contributed by atoms with E-state index >= 15 is 4.79 Å². The van der Waals surface area contributed by atoms with E-state index < -0.39 is 0 Å². The minimum atomic E-state index is -0.00204. The van der Waals surface area contributed by atoms with E-state index in [-0.39, 0.29) is 11.6 Å². The fourth-order valence-corrected chi connectivity index (χ4v) is 16.0. The molecule has 2 aliphatic rings. The van der Waals surface area contributed by atoms with Gasteiger partial charge in [-0.15, -0.1) is 0 Å². The highest BCUT2D eigenvalue weighted by Crippen LogP contribution is 2.50. The van der Waals surface area contributed by atoms with Gasteiger partial charge in [-0.3, -0.25) is 9.59 Å². The minimum absolute atomic E-state index is 0.00204. The lowest BCUT2D eigenvalue weighted by atomic mass is 9.85. The standard InChI is InChI=1S/C86H50N4O2/c91-85-67-31-9-7-25-56(67)64-34-19-33-55(83(64)85)51-41-43-58(69(45-51)66-36-20-35-65-57-26-8-10-32-68(57)86(92)84(65)66)63-44-42-54(89-76-39-17-13-29-61(76)71-47-79-70(48-81(71)89)59-27-11-15-37-74(59)87(79)52-21-3-1-4-22-52)46-78(63)90-77-40-18-14-30-62(77)73-49-80-72(50-82(73)90)60-28-12-16-38-75(60)88(80)53-23-5-2-6-24-53/h1-50H. The summed E-state index contributed by atoms with van der Waals surface area (Å²) in [5, 5.41) is 9.24. The largest absolute Gasteiger partial charge is 0.309 e. The highest BCUT2D eigenvalue weighted by Gasteiger charge is 2.33. The van der Waals surface area contributed by atoms with Crippen molar-refractivity contribution in [3.8, 4) is 78.4 Å². The quantitative estimate of drug-likeness (QED) is 0.160. The lowest BCUT2D eigenvalue weighted by Gasteiger charge is -2.21. The highest BCUT2D eigenvalue weighted by molar-refractivity contribution is 6.27. The van der Waals surface area contributed by atoms with Gasteiger partial charge in [-0.25, -0.2) is 0 Å². The summed E-state index contributed by atoms with van der Waals surface area (Å²) in [5.74, 6) is 0.0128. The smallest absolute Gasteiger partial charge is 0.194 e. The van der Waals surface area contributed by atoms with E-state index in [0.717, 1.165) is 149 Å². The zero-order chi connectivity index (χ0) is 60.4. The van der Waals surface area contributed by atoms with Crippen LogP contribution in [0.4, 0.5) is 0 Å². The Hall–Kier alpha value is -12.4. The Balaban J connectivity index is 0.907. The van der Waals surface area contributed by atoms with Crippen LogP contribution in [0.5, 0.6) is 0 Å². The molecule has 0 unspecified atom stereocenters. The predicted molar refractivity (Wildman–Crippen MR) is 378 cm³/mol. The van der Waals surface area contributed by atoms with Crippen LogP contribution in [0, 0.1) is 0 Å². The topological polar surface area (TPSA) is 53.9 Å². The minimum Gasteiger partial charge on any atom is -0.309 e. The third-order valence-corrected chi connectivity index (χ3v) is 19.9. The monoisotopic (exact) mass is 1170 g/mol. The fraction of sp³-hybridized carbons (Fsp3) is 0. The van der Waals surface area contributed by atoms with Crippen LogP contribution < -0.4 is 0 Å². The summed E-state index contributed by atoms with van der Waals surface area (Å²) in [7, 11) is 0. The Kier molecular flexibility index (Phi) is 10.5. The van der Waals surface area contributed by atoms with Crippen LogP contribution in [-0.2, 0) is 0 Å². The molecule has 0 spiro atoms. The van der Waals surface area contributed by atoms with Crippen molar-refractivity contribution in [3.63, 3.8) is 0 Å². The molecule has 0 atom stereocenters. The molecule has 6 nitrogen and oxygen atoms in total. The van der Waals surface area contributed by atoms with Crippen LogP contribution in [0.2, 0.25) is 0 Å². The summed E-state index contributed by atoms with van der Waals surface area (Å²) in [6.07, 6.45) is 0. The second-order valence-corrected chi connectivity index (χ2v) is 24.5. The van der Waals surface area contributed by atoms with E-state index in [9.17, 15) is 4.79 Å². The first-order chi connectivity index (χ1) is 45.5. The fourth-order valence-electron chi connectivity index (χ4n) is 16.0. The summed E-state index contributed by atoms with van der Waals surface area (Å²) in [5.41, 5.74) is 24.9. The molecule has 426 valence electrons. The number of carbonyl (C=O) groups excluding carboxylic acids is 2. The molecule has 0 N–H and O–H groups in total. The summed E-state index contributed by atoms with van der Waals surface area (Å²) >= 11 is 0. The van der Waals surface area contributed by atoms with E-state index in [1.165, 1.54) is 16.2 Å². The van der Waals surface area contributed by atoms with Crippen molar-refractivity contribution >= 4 is 98.8 Å². The van der Waals surface area contributed by atoms with Crippen LogP contribution in [-0.4, -0.2) is 29.8 Å². The first-order valence-electron chi connectivity index (χ1n) is 31.4. The number of nitrogens with zero attached hydrogens (tertiary/aromatic N) is 4. The number of hydrogen-bond donors (Lipinski definition) is 0. The van der Waals surface area contributed by atoms with Gasteiger partial charge in [-0.1, -0.05) is 212 Å². The molecule has 6 heteroatoms. The molecule has 18 aromatic rings. The summed E-state index contributed by atoms with van der Waals surface area (Å²) in [6, 6.07) is 108. The zero-order valence-corrected chi connectivity index (χ0v) is 49.5. The van der Waals surface area contributed by atoms with Crippen LogP contribution >= 0.6 is 0 Å². The van der Waals surface area contributed by atoms with E-state index in [1.807, 2.05) is 42.5 Å². The molecular formula is C86H50N4O2. The molecule has 0 amide bonds. The van der Waals surface area contributed by atoms with Crippen molar-refractivity contribution in [3.05, 3.63) is 326 Å². The van der Waals surface area contributed by atoms with Gasteiger partial charge in [-0.05, 0) is 141 Å². The van der Waals surface area contributed by atoms with Gasteiger partial charge in [0.15, 0.2) is 11.6 Å². The number of hydrogen-bond acceptors (Lipinski definition) is 2. The Labute approximate surface area is 527 Å². The van der Waals surface area contributed by atoms with Gasteiger partial charge in [-0.2, -0.15) is 0 Å². The lowest BCUT2D eigenvalue weighted by Crippen LogP contribution is -2.04. The van der Waals surface area contributed by atoms with Gasteiger partial charge < -0.3 is 18.3 Å². The zero-order valence-electron chi connectivity index (χ0n) is 49.5. The molecule has 0 radical (unpaired) electrons. The third kappa shape index (κ3) is 6.97. The van der Waals surface area contributed by atoms with Crippen LogP contribution in [0.1, 0.15) is 31.8 Å². The molecule has 4 aromatic heterocycles. The Morgan fingerprint density at radius 2 is 0.522 bits per heavy atom. The SMILES string of the molecule is O=C1c2ccccc2-c2cccc(-c3ccc(-c4ccc(-n5c6ccccc6c6cc7c(cc65)c5ccccc5n7-c5ccccc5)cc4-n4c5ccccc5c5cc6c(cc54)c4ccccc4n6-c4ccccc4)c(-c4cccc5c4C(=O)c4ccccc4-5)c3)c21. The molecule has 92 heavy (non-hydrogen) atoms. The van der Waals surface area contributed by atoms with Gasteiger partial charge in [0, 0.05) is 88.0 Å². The van der Waals surface area contributed by atoms with E-state index in [0.29, 0.717) is 22.3 Å². The van der Waals surface area contributed by atoms with Crippen molar-refractivity contribution in [1.82, 2.24) is 18.3 Å².